The summed E-state index contributed by atoms with van der Waals surface area (Å²) in [5.74, 6) is -1.75. The van der Waals surface area contributed by atoms with Crippen molar-refractivity contribution < 1.29 is 19.5 Å². The average Bonchev–Trinajstić information content (AvgIpc) is 2.35. The third-order valence-electron chi connectivity index (χ3n) is 2.85. The molecule has 0 saturated heterocycles. The molecule has 1 aromatic rings. The lowest BCUT2D eigenvalue weighted by molar-refractivity contribution is -0.138. The molecule has 1 unspecified atom stereocenters. The van der Waals surface area contributed by atoms with E-state index in [2.05, 4.69) is 10.6 Å². The number of carboxylic acids is 1. The number of carboxylic acid groups (broad SMARTS) is 1. The summed E-state index contributed by atoms with van der Waals surface area (Å²) in [6.45, 7) is 3.93. The molecule has 0 saturated carbocycles. The summed E-state index contributed by atoms with van der Waals surface area (Å²) in [7, 11) is 0. The van der Waals surface area contributed by atoms with Crippen LogP contribution in [0.4, 0.5) is 4.79 Å². The van der Waals surface area contributed by atoms with Crippen LogP contribution >= 0.6 is 0 Å². The molecule has 3 N–H and O–H groups in total. The summed E-state index contributed by atoms with van der Waals surface area (Å²) in [5.41, 5.74) is 2.03. The van der Waals surface area contributed by atoms with Crippen LogP contribution in [0.3, 0.4) is 0 Å². The molecule has 21 heavy (non-hydrogen) atoms. The molecule has 0 radical (unpaired) electrons. The Balaban J connectivity index is 2.33. The van der Waals surface area contributed by atoms with E-state index in [-0.39, 0.29) is 18.8 Å². The molecular formula is C15H20N2O4. The second kappa shape index (κ2) is 8.04. The number of aliphatic carboxylic acids is 1. The molecule has 6 heteroatoms. The molecule has 1 aromatic carbocycles. The number of benzene rings is 1. The predicted molar refractivity (Wildman–Crippen MR) is 77.6 cm³/mol. The quantitative estimate of drug-likeness (QED) is 0.745. The maximum Gasteiger partial charge on any atom is 0.321 e. The van der Waals surface area contributed by atoms with Gasteiger partial charge in [0, 0.05) is 19.4 Å². The van der Waals surface area contributed by atoms with Gasteiger partial charge in [0.05, 0.1) is 0 Å². The Bertz CT molecular complexity index is 528. The van der Waals surface area contributed by atoms with E-state index in [4.69, 9.17) is 5.11 Å². The fraction of sp³-hybridized carbons (Fsp3) is 0.400. The third-order valence-corrected chi connectivity index (χ3v) is 2.85. The van der Waals surface area contributed by atoms with Crippen molar-refractivity contribution in [2.45, 2.75) is 33.2 Å². The molecule has 0 heterocycles. The number of urea groups is 1. The van der Waals surface area contributed by atoms with Crippen LogP contribution < -0.4 is 10.6 Å². The van der Waals surface area contributed by atoms with E-state index in [1.165, 1.54) is 0 Å². The van der Waals surface area contributed by atoms with E-state index < -0.39 is 17.9 Å². The normalized spacial score (nSPS) is 11.5. The maximum atomic E-state index is 11.6. The lowest BCUT2D eigenvalue weighted by atomic mass is 10.0. The highest BCUT2D eigenvalue weighted by Crippen LogP contribution is 2.07. The van der Waals surface area contributed by atoms with Gasteiger partial charge in [-0.3, -0.25) is 14.9 Å². The van der Waals surface area contributed by atoms with Gasteiger partial charge in [-0.15, -0.1) is 0 Å². The lowest BCUT2D eigenvalue weighted by Crippen LogP contribution is -2.39. The number of carbonyl (C=O) groups excluding carboxylic acids is 2. The minimum Gasteiger partial charge on any atom is -0.481 e. The van der Waals surface area contributed by atoms with Crippen LogP contribution in [0.5, 0.6) is 0 Å². The van der Waals surface area contributed by atoms with Crippen molar-refractivity contribution in [1.82, 2.24) is 10.6 Å². The number of aryl methyl sites for hydroxylation is 1. The molecule has 0 fully saturated rings. The van der Waals surface area contributed by atoms with Crippen molar-refractivity contribution in [3.05, 3.63) is 35.4 Å². The minimum atomic E-state index is -0.959. The van der Waals surface area contributed by atoms with Crippen LogP contribution in [-0.4, -0.2) is 23.0 Å². The zero-order valence-electron chi connectivity index (χ0n) is 12.2. The van der Waals surface area contributed by atoms with Gasteiger partial charge in [-0.05, 0) is 18.4 Å². The van der Waals surface area contributed by atoms with Crippen molar-refractivity contribution in [1.29, 1.82) is 0 Å². The van der Waals surface area contributed by atoms with Crippen LogP contribution in [0.15, 0.2) is 24.3 Å². The number of hydrogen-bond donors (Lipinski definition) is 3. The fourth-order valence-corrected chi connectivity index (χ4v) is 1.91. The Morgan fingerprint density at radius 1 is 1.24 bits per heavy atom. The van der Waals surface area contributed by atoms with Crippen molar-refractivity contribution in [2.24, 2.45) is 5.92 Å². The monoisotopic (exact) mass is 292 g/mol. The van der Waals surface area contributed by atoms with Gasteiger partial charge in [0.15, 0.2) is 0 Å². The molecule has 0 aliphatic carbocycles. The highest BCUT2D eigenvalue weighted by molar-refractivity contribution is 5.94. The highest BCUT2D eigenvalue weighted by atomic mass is 16.4. The third kappa shape index (κ3) is 7.10. The summed E-state index contributed by atoms with van der Waals surface area (Å²) in [6.07, 6.45) is -0.0947. The van der Waals surface area contributed by atoms with Gasteiger partial charge in [-0.1, -0.05) is 36.8 Å². The first-order valence-electron chi connectivity index (χ1n) is 6.72. The predicted octanol–water partition coefficient (Wildman–Crippen LogP) is 1.82. The zero-order valence-corrected chi connectivity index (χ0v) is 12.2. The zero-order chi connectivity index (χ0) is 15.8. The fourth-order valence-electron chi connectivity index (χ4n) is 1.91. The standard InChI is InChI=1S/C15H20N2O4/c1-10-4-3-5-12(6-10)9-16-15(21)17-13(18)7-11(2)8-14(19)20/h3-6,11H,7-9H2,1-2H3,(H,19,20)(H2,16,17,18,21). The van der Waals surface area contributed by atoms with Crippen molar-refractivity contribution >= 4 is 17.9 Å². The van der Waals surface area contributed by atoms with Gasteiger partial charge < -0.3 is 10.4 Å². The van der Waals surface area contributed by atoms with Gasteiger partial charge in [0.2, 0.25) is 5.91 Å². The maximum absolute atomic E-state index is 11.6. The second-order valence-electron chi connectivity index (χ2n) is 5.13. The van der Waals surface area contributed by atoms with Crippen LogP contribution in [0, 0.1) is 12.8 Å². The molecule has 1 atom stereocenters. The molecule has 114 valence electrons. The Morgan fingerprint density at radius 3 is 2.57 bits per heavy atom. The molecule has 0 aromatic heterocycles. The van der Waals surface area contributed by atoms with E-state index in [1.807, 2.05) is 31.2 Å². The van der Waals surface area contributed by atoms with Crippen molar-refractivity contribution in [2.75, 3.05) is 0 Å². The average molecular weight is 292 g/mol. The van der Waals surface area contributed by atoms with E-state index in [0.717, 1.165) is 11.1 Å². The lowest BCUT2D eigenvalue weighted by Gasteiger charge is -2.10. The molecule has 1 rings (SSSR count). The van der Waals surface area contributed by atoms with Crippen LogP contribution in [0.1, 0.15) is 30.9 Å². The minimum absolute atomic E-state index is 0.00413. The smallest absolute Gasteiger partial charge is 0.321 e. The molecule has 0 aliphatic heterocycles. The number of nitrogens with one attached hydrogen (secondary N) is 2. The number of carbonyl (C=O) groups is 3. The topological polar surface area (TPSA) is 95.5 Å². The Morgan fingerprint density at radius 2 is 1.95 bits per heavy atom. The van der Waals surface area contributed by atoms with Crippen molar-refractivity contribution in [3.8, 4) is 0 Å². The van der Waals surface area contributed by atoms with E-state index in [1.54, 1.807) is 6.92 Å². The molecule has 6 nitrogen and oxygen atoms in total. The van der Waals surface area contributed by atoms with E-state index >= 15 is 0 Å². The summed E-state index contributed by atoms with van der Waals surface area (Å²) in [5, 5.41) is 13.4. The first kappa shape index (κ1) is 16.7. The molecular weight excluding hydrogens is 272 g/mol. The first-order chi connectivity index (χ1) is 9.86. The van der Waals surface area contributed by atoms with Gasteiger partial charge in [-0.2, -0.15) is 0 Å². The highest BCUT2D eigenvalue weighted by Gasteiger charge is 2.14. The van der Waals surface area contributed by atoms with Gasteiger partial charge in [0.1, 0.15) is 0 Å². The molecule has 0 spiro atoms. The number of rotatable bonds is 6. The van der Waals surface area contributed by atoms with E-state index in [0.29, 0.717) is 6.54 Å². The second-order valence-corrected chi connectivity index (χ2v) is 5.13. The van der Waals surface area contributed by atoms with E-state index in [9.17, 15) is 14.4 Å². The van der Waals surface area contributed by atoms with Gasteiger partial charge >= 0.3 is 12.0 Å². The van der Waals surface area contributed by atoms with Crippen LogP contribution in [0.2, 0.25) is 0 Å². The Kier molecular flexibility index (Phi) is 6.39. The number of hydrogen-bond acceptors (Lipinski definition) is 3. The summed E-state index contributed by atoms with van der Waals surface area (Å²) in [4.78, 5) is 33.6. The van der Waals surface area contributed by atoms with Crippen LogP contribution in [-0.2, 0) is 16.1 Å². The molecule has 0 bridgehead atoms. The summed E-state index contributed by atoms with van der Waals surface area (Å²) in [6, 6.07) is 7.09. The number of imide groups is 1. The molecule has 0 aliphatic rings. The van der Waals surface area contributed by atoms with Gasteiger partial charge in [-0.25, -0.2) is 4.79 Å². The Hall–Kier alpha value is -2.37. The van der Waals surface area contributed by atoms with Gasteiger partial charge in [0.25, 0.3) is 0 Å². The van der Waals surface area contributed by atoms with Crippen LogP contribution in [0.25, 0.3) is 0 Å². The first-order valence-corrected chi connectivity index (χ1v) is 6.72. The largest absolute Gasteiger partial charge is 0.481 e. The summed E-state index contributed by atoms with van der Waals surface area (Å²) < 4.78 is 0. The van der Waals surface area contributed by atoms with Crippen molar-refractivity contribution in [3.63, 3.8) is 0 Å². The Labute approximate surface area is 123 Å². The number of amides is 3. The molecule has 3 amide bonds. The summed E-state index contributed by atoms with van der Waals surface area (Å²) >= 11 is 0. The SMILES string of the molecule is Cc1cccc(CNC(=O)NC(=O)CC(C)CC(=O)O)c1.